The van der Waals surface area contributed by atoms with Crippen LogP contribution < -0.4 is 0 Å². The van der Waals surface area contributed by atoms with Crippen LogP contribution in [0.1, 0.15) is 13.8 Å². The first-order valence-electron chi connectivity index (χ1n) is 3.76. The molecule has 1 aliphatic rings. The van der Waals surface area contributed by atoms with E-state index in [2.05, 4.69) is 5.10 Å². The summed E-state index contributed by atoms with van der Waals surface area (Å²) >= 11 is 4.17. The van der Waals surface area contributed by atoms with Crippen molar-refractivity contribution in [3.63, 3.8) is 0 Å². The van der Waals surface area contributed by atoms with Crippen molar-refractivity contribution in [1.82, 2.24) is 4.41 Å². The molecule has 0 fully saturated rings. The minimum atomic E-state index is -0.444. The van der Waals surface area contributed by atoms with Crippen LogP contribution in [0.3, 0.4) is 0 Å². The molecule has 0 saturated carbocycles. The number of rotatable bonds is 3. The molecule has 13 heavy (non-hydrogen) atoms. The highest BCUT2D eigenvalue weighted by atomic mass is 32.2. The fourth-order valence-corrected chi connectivity index (χ4v) is 3.40. The smallest absolute Gasteiger partial charge is 0.155 e. The topological polar surface area (TPSA) is 56.1 Å². The molecule has 76 valence electrons. The van der Waals surface area contributed by atoms with Crippen molar-refractivity contribution in [2.45, 2.75) is 24.7 Å². The summed E-state index contributed by atoms with van der Waals surface area (Å²) in [6.45, 7) is 3.41. The van der Waals surface area contributed by atoms with Crippen molar-refractivity contribution >= 4 is 39.8 Å². The van der Waals surface area contributed by atoms with E-state index in [-0.39, 0.29) is 0 Å². The minimum absolute atomic E-state index is 0.428. The zero-order chi connectivity index (χ0) is 9.84. The largest absolute Gasteiger partial charge is 0.382 e. The van der Waals surface area contributed by atoms with Crippen LogP contribution in [0.25, 0.3) is 0 Å². The van der Waals surface area contributed by atoms with Gasteiger partial charge in [0, 0.05) is 11.9 Å². The second-order valence-electron chi connectivity index (χ2n) is 2.41. The molecule has 0 amide bonds. The Labute approximate surface area is 90.3 Å². The highest BCUT2D eigenvalue weighted by molar-refractivity contribution is 8.39. The quantitative estimate of drug-likeness (QED) is 0.573. The van der Waals surface area contributed by atoms with Crippen molar-refractivity contribution in [1.29, 1.82) is 0 Å². The molecule has 0 aromatic carbocycles. The molecule has 1 heterocycles. The van der Waals surface area contributed by atoms with E-state index in [1.807, 2.05) is 0 Å². The van der Waals surface area contributed by atoms with E-state index in [1.165, 1.54) is 23.7 Å². The van der Waals surface area contributed by atoms with Crippen LogP contribution in [0.4, 0.5) is 0 Å². The number of nitrogens with zero attached hydrogens (tertiary/aromatic N) is 2. The Hall–Kier alpha value is 0.440. The maximum atomic E-state index is 9.08. The van der Waals surface area contributed by atoms with Gasteiger partial charge < -0.3 is 10.2 Å². The molecule has 0 saturated heterocycles. The van der Waals surface area contributed by atoms with E-state index in [0.717, 1.165) is 10.3 Å². The van der Waals surface area contributed by atoms with Crippen LogP contribution in [0, 0.1) is 0 Å². The Balaban J connectivity index is 2.35. The van der Waals surface area contributed by atoms with Gasteiger partial charge in [-0.25, -0.2) is 4.41 Å². The summed E-state index contributed by atoms with van der Waals surface area (Å²) in [5, 5.41) is 22.3. The molecule has 1 rings (SSSR count). The molecule has 7 heteroatoms. The summed E-state index contributed by atoms with van der Waals surface area (Å²) in [5.41, 5.74) is -0.872. The van der Waals surface area contributed by atoms with Gasteiger partial charge in [0.05, 0.1) is 0 Å². The van der Waals surface area contributed by atoms with Gasteiger partial charge in [-0.05, 0) is 13.8 Å². The lowest BCUT2D eigenvalue weighted by Gasteiger charge is -2.11. The van der Waals surface area contributed by atoms with Gasteiger partial charge in [0.25, 0.3) is 0 Å². The van der Waals surface area contributed by atoms with Crippen LogP contribution in [0.15, 0.2) is 5.10 Å². The summed E-state index contributed by atoms with van der Waals surface area (Å²) < 4.78 is 2.57. The van der Waals surface area contributed by atoms with Gasteiger partial charge in [0.1, 0.15) is 16.7 Å². The average Bonchev–Trinajstić information content (AvgIpc) is 2.33. The fraction of sp³-hybridized carbons (Fsp3) is 0.833. The second-order valence-corrected chi connectivity index (χ2v) is 6.22. The van der Waals surface area contributed by atoms with E-state index < -0.39 is 10.9 Å². The predicted octanol–water partition coefficient (Wildman–Crippen LogP) is 1.32. The lowest BCUT2D eigenvalue weighted by atomic mass is 10.9. The summed E-state index contributed by atoms with van der Waals surface area (Å²) in [4.78, 5) is 0. The molecule has 0 aromatic rings. The van der Waals surface area contributed by atoms with Gasteiger partial charge >= 0.3 is 0 Å². The molecular formula is C6H12N2O2S3. The number of hydrogen-bond donors (Lipinski definition) is 2. The maximum Gasteiger partial charge on any atom is 0.155 e. The molecule has 0 spiro atoms. The lowest BCUT2D eigenvalue weighted by molar-refractivity contribution is 0.278. The van der Waals surface area contributed by atoms with E-state index >= 15 is 0 Å². The zero-order valence-corrected chi connectivity index (χ0v) is 9.82. The zero-order valence-electron chi connectivity index (χ0n) is 7.38. The van der Waals surface area contributed by atoms with Gasteiger partial charge in [-0.1, -0.05) is 23.5 Å². The van der Waals surface area contributed by atoms with Crippen molar-refractivity contribution in [2.75, 3.05) is 5.88 Å². The molecule has 0 aliphatic carbocycles. The molecule has 0 radical (unpaired) electrons. The molecular weight excluding hydrogens is 228 g/mol. The fourth-order valence-electron chi connectivity index (χ4n) is 0.693. The molecule has 0 aromatic heterocycles. The van der Waals surface area contributed by atoms with Crippen LogP contribution in [-0.2, 0) is 0 Å². The first kappa shape index (κ1) is 11.5. The molecule has 0 bridgehead atoms. The highest BCUT2D eigenvalue weighted by Gasteiger charge is 2.18. The Kier molecular flexibility index (Phi) is 4.74. The van der Waals surface area contributed by atoms with E-state index in [9.17, 15) is 0 Å². The van der Waals surface area contributed by atoms with Gasteiger partial charge in [0.15, 0.2) is 4.38 Å². The average molecular weight is 240 g/mol. The Morgan fingerprint density at radius 2 is 2.15 bits per heavy atom. The standard InChI is InChI=1S/C6H12N2O2S3/c1-4(9)12-6-7-8(3-11-6)13-5(2)10/h4-5,9-10H,3H2,1-2H3. The third-order valence-corrected chi connectivity index (χ3v) is 3.93. The van der Waals surface area contributed by atoms with E-state index in [1.54, 1.807) is 30.0 Å². The predicted molar refractivity (Wildman–Crippen MR) is 60.3 cm³/mol. The van der Waals surface area contributed by atoms with Gasteiger partial charge in [-0.15, -0.1) is 0 Å². The van der Waals surface area contributed by atoms with E-state index in [4.69, 9.17) is 10.2 Å². The SMILES string of the molecule is CC(O)SC1=NN(SC(C)O)CS1. The molecule has 2 unspecified atom stereocenters. The van der Waals surface area contributed by atoms with Crippen molar-refractivity contribution < 1.29 is 10.2 Å². The maximum absolute atomic E-state index is 9.08. The molecule has 1 aliphatic heterocycles. The number of hydrazone groups is 1. The normalized spacial score (nSPS) is 21.5. The third-order valence-electron chi connectivity index (χ3n) is 1.04. The van der Waals surface area contributed by atoms with Crippen molar-refractivity contribution in [3.05, 3.63) is 0 Å². The van der Waals surface area contributed by atoms with E-state index in [0.29, 0.717) is 0 Å². The number of hydrogen-bond acceptors (Lipinski definition) is 7. The Morgan fingerprint density at radius 1 is 1.46 bits per heavy atom. The summed E-state index contributed by atoms with van der Waals surface area (Å²) in [6, 6.07) is 0. The highest BCUT2D eigenvalue weighted by Crippen LogP contribution is 2.31. The molecule has 2 atom stereocenters. The van der Waals surface area contributed by atoms with Gasteiger partial charge in [0.2, 0.25) is 0 Å². The van der Waals surface area contributed by atoms with Crippen LogP contribution in [0.5, 0.6) is 0 Å². The van der Waals surface area contributed by atoms with Gasteiger partial charge in [-0.3, -0.25) is 0 Å². The van der Waals surface area contributed by atoms with Crippen LogP contribution in [0.2, 0.25) is 0 Å². The summed E-state index contributed by atoms with van der Waals surface area (Å²) in [7, 11) is 0. The monoisotopic (exact) mass is 240 g/mol. The molecule has 4 nitrogen and oxygen atoms in total. The third kappa shape index (κ3) is 4.46. The van der Waals surface area contributed by atoms with Crippen molar-refractivity contribution in [2.24, 2.45) is 5.10 Å². The van der Waals surface area contributed by atoms with Gasteiger partial charge in [-0.2, -0.15) is 5.10 Å². The van der Waals surface area contributed by atoms with Crippen molar-refractivity contribution in [3.8, 4) is 0 Å². The minimum Gasteiger partial charge on any atom is -0.382 e. The summed E-state index contributed by atoms with van der Waals surface area (Å²) in [6.07, 6.45) is 0. The number of aliphatic hydroxyl groups is 2. The van der Waals surface area contributed by atoms with Crippen LogP contribution in [-0.4, -0.2) is 35.8 Å². The first-order valence-corrected chi connectivity index (χ1v) is 6.46. The van der Waals surface area contributed by atoms with Crippen LogP contribution >= 0.6 is 35.5 Å². The number of aliphatic hydroxyl groups excluding tert-OH is 2. The lowest BCUT2D eigenvalue weighted by Crippen LogP contribution is -2.07. The molecule has 2 N–H and O–H groups in total. The Morgan fingerprint density at radius 3 is 2.69 bits per heavy atom. The summed E-state index contributed by atoms with van der Waals surface area (Å²) in [5.74, 6) is 0.727. The Bertz CT molecular complexity index is 198. The second kappa shape index (κ2) is 5.35. The first-order chi connectivity index (χ1) is 6.08. The number of thioether (sulfide) groups is 2.